The van der Waals surface area contributed by atoms with Gasteiger partial charge in [0.1, 0.15) is 37.1 Å². The third kappa shape index (κ3) is 12.5. The van der Waals surface area contributed by atoms with Gasteiger partial charge in [-0.25, -0.2) is 56.3 Å². The molecule has 9 rings (SSSR count). The zero-order valence-electron chi connectivity index (χ0n) is 44.5. The van der Waals surface area contributed by atoms with Gasteiger partial charge in [-0.3, -0.25) is 29.4 Å². The number of aliphatic hydroxyl groups is 2. The van der Waals surface area contributed by atoms with E-state index in [-0.39, 0.29) is 57.1 Å². The van der Waals surface area contributed by atoms with Crippen LogP contribution in [0.25, 0.3) is 22.3 Å². The lowest BCUT2D eigenvalue weighted by Gasteiger charge is -2.24. The quantitative estimate of drug-likeness (QED) is 0.0569. The topological polar surface area (TPSA) is 380 Å². The van der Waals surface area contributed by atoms with Gasteiger partial charge in [-0.15, -0.1) is 13.2 Å². The normalized spacial score (nSPS) is 22.1. The summed E-state index contributed by atoms with van der Waals surface area (Å²) in [4.78, 5) is 75.7. The first-order valence-electron chi connectivity index (χ1n) is 25.0. The van der Waals surface area contributed by atoms with Gasteiger partial charge in [0, 0.05) is 51.6 Å². The van der Waals surface area contributed by atoms with E-state index in [4.69, 9.17) is 18.9 Å². The smallest absolute Gasteiger partial charge is 0.324 e. The van der Waals surface area contributed by atoms with Crippen molar-refractivity contribution >= 4 is 89.3 Å². The van der Waals surface area contributed by atoms with Crippen molar-refractivity contribution < 1.29 is 65.2 Å². The minimum Gasteiger partial charge on any atom is -0.387 e. The number of nitrogens with zero attached hydrogens (tertiary/aromatic N) is 10. The van der Waals surface area contributed by atoms with E-state index < -0.39 is 92.9 Å². The number of benzene rings is 2. The van der Waals surface area contributed by atoms with Crippen molar-refractivity contribution in [3.8, 4) is 0 Å². The Balaban J connectivity index is 0.000000213. The van der Waals surface area contributed by atoms with Crippen LogP contribution >= 0.6 is 0 Å². The van der Waals surface area contributed by atoms with Gasteiger partial charge in [-0.1, -0.05) is 12.2 Å². The van der Waals surface area contributed by atoms with Crippen LogP contribution in [0.5, 0.6) is 0 Å². The van der Waals surface area contributed by atoms with E-state index in [0.29, 0.717) is 30.1 Å². The summed E-state index contributed by atoms with van der Waals surface area (Å²) in [7, 11) is -4.51. The molecule has 6 amide bonds. The maximum atomic E-state index is 12.8. The highest BCUT2D eigenvalue weighted by Crippen LogP contribution is 2.44. The fourth-order valence-electron chi connectivity index (χ4n) is 8.81. The number of rotatable bonds is 18. The largest absolute Gasteiger partial charge is 0.387 e. The lowest BCUT2D eigenvalue weighted by Crippen LogP contribution is -2.42. The van der Waals surface area contributed by atoms with Gasteiger partial charge in [-0.2, -0.15) is 8.61 Å². The Morgan fingerprint density at radius 1 is 0.617 bits per heavy atom. The zero-order valence-corrected chi connectivity index (χ0v) is 46.2. The molecule has 0 spiro atoms. The number of nitrogens with one attached hydrogen (secondary N) is 6. The highest BCUT2D eigenvalue weighted by Gasteiger charge is 2.58. The molecule has 3 saturated heterocycles. The number of ether oxygens (including phenoxy) is 4. The maximum absolute atomic E-state index is 12.8. The van der Waals surface area contributed by atoms with E-state index in [1.54, 1.807) is 25.3 Å². The molecule has 0 unspecified atom stereocenters. The fraction of sp³-hybridized carbons (Fsp3) is 0.388. The van der Waals surface area contributed by atoms with Gasteiger partial charge in [0.05, 0.1) is 22.4 Å². The molecule has 32 heteroatoms. The number of anilines is 4. The predicted octanol–water partition coefficient (Wildman–Crippen LogP) is 1.86. The van der Waals surface area contributed by atoms with Gasteiger partial charge in [0.25, 0.3) is 11.8 Å². The number of fused-ring (bicyclic) bond motifs is 3. The van der Waals surface area contributed by atoms with Crippen molar-refractivity contribution in [3.05, 3.63) is 99.2 Å². The van der Waals surface area contributed by atoms with Crippen molar-refractivity contribution in [1.82, 2.24) is 58.3 Å². The van der Waals surface area contributed by atoms with Crippen LogP contribution in [0.2, 0.25) is 0 Å². The molecule has 3 aliphatic rings. The van der Waals surface area contributed by atoms with E-state index in [1.165, 1.54) is 98.3 Å². The Morgan fingerprint density at radius 2 is 1.04 bits per heavy atom. The van der Waals surface area contributed by atoms with Crippen molar-refractivity contribution in [1.29, 1.82) is 0 Å². The number of likely N-dealkylation sites (N-methyl/N-ethyl adjacent to an activating group) is 4. The van der Waals surface area contributed by atoms with E-state index in [2.05, 4.69) is 75.0 Å². The van der Waals surface area contributed by atoms with Crippen LogP contribution in [-0.4, -0.2) is 181 Å². The number of sulfonamides is 2. The molecule has 0 saturated carbocycles. The average Bonchev–Trinajstić information content (AvgIpc) is 3.56. The SMILES string of the molecule is C=CCN(C)S(=O)(=O)c1ccc(NC(=O)Nc2ncnc3c2ncn3[C@@H]2O[C@H](C(=O)NCC)[C@@H](O)[C@H]2O)cc1.C=CCN(C)S(=O)(=O)c1ccc(NC(=O)Nc2ncnc3c2ncn3[C@@H]2O[C@H](C(=O)NCC)[C@H]3OC(C)(C)O[C@H]32)cc1. The molecular formula is C49H60N16O14S2. The molecule has 30 nitrogen and oxygen atoms in total. The number of hydrogen-bond donors (Lipinski definition) is 8. The number of amides is 6. The second-order valence-electron chi connectivity index (χ2n) is 18.7. The molecule has 8 N–H and O–H groups in total. The Labute approximate surface area is 464 Å². The molecule has 6 aromatic rings. The highest BCUT2D eigenvalue weighted by atomic mass is 32.2. The van der Waals surface area contributed by atoms with E-state index in [1.807, 2.05) is 6.92 Å². The third-order valence-corrected chi connectivity index (χ3v) is 16.3. The Bertz CT molecular complexity index is 3550. The summed E-state index contributed by atoms with van der Waals surface area (Å²) in [5, 5.41) is 36.5. The van der Waals surface area contributed by atoms with E-state index >= 15 is 0 Å². The summed E-state index contributed by atoms with van der Waals surface area (Å²) in [6.07, 6.45) is -0.221. The van der Waals surface area contributed by atoms with Crippen LogP contribution in [0.1, 0.15) is 40.2 Å². The molecule has 8 atom stereocenters. The molecule has 0 aliphatic carbocycles. The first-order valence-corrected chi connectivity index (χ1v) is 27.8. The van der Waals surface area contributed by atoms with Crippen molar-refractivity contribution in [2.75, 3.05) is 61.5 Å². The van der Waals surface area contributed by atoms with Crippen LogP contribution in [0.4, 0.5) is 32.6 Å². The van der Waals surface area contributed by atoms with E-state index in [9.17, 15) is 46.2 Å². The number of imidazole rings is 2. The van der Waals surface area contributed by atoms with Gasteiger partial charge in [-0.05, 0) is 76.2 Å². The van der Waals surface area contributed by atoms with Crippen molar-refractivity contribution in [2.45, 2.75) is 92.4 Å². The molecule has 0 radical (unpaired) electrons. The first-order chi connectivity index (χ1) is 38.5. The molecule has 3 fully saturated rings. The maximum Gasteiger partial charge on any atom is 0.324 e. The molecule has 7 heterocycles. The Morgan fingerprint density at radius 3 is 1.48 bits per heavy atom. The van der Waals surface area contributed by atoms with Crippen LogP contribution in [0.3, 0.4) is 0 Å². The fourth-order valence-corrected chi connectivity index (χ4v) is 11.1. The second kappa shape index (κ2) is 24.4. The second-order valence-corrected chi connectivity index (χ2v) is 22.8. The summed E-state index contributed by atoms with van der Waals surface area (Å²) >= 11 is 0. The molecule has 432 valence electrons. The summed E-state index contributed by atoms with van der Waals surface area (Å²) in [6.45, 7) is 15.2. The van der Waals surface area contributed by atoms with E-state index in [0.717, 1.165) is 14.9 Å². The minimum atomic E-state index is -3.70. The number of carbonyl (C=O) groups excluding carboxylic acids is 4. The molecule has 0 bridgehead atoms. The Kier molecular flexibility index (Phi) is 17.9. The number of aromatic nitrogens is 8. The number of carbonyl (C=O) groups is 4. The van der Waals surface area contributed by atoms with Gasteiger partial charge in [0.2, 0.25) is 20.0 Å². The molecule has 3 aliphatic heterocycles. The lowest BCUT2D eigenvalue weighted by molar-refractivity contribution is -0.197. The third-order valence-electron chi connectivity index (χ3n) is 12.6. The summed E-state index contributed by atoms with van der Waals surface area (Å²) in [6, 6.07) is 10.0. The summed E-state index contributed by atoms with van der Waals surface area (Å²) in [5.74, 6) is -1.65. The van der Waals surface area contributed by atoms with Crippen LogP contribution in [0, 0.1) is 0 Å². The van der Waals surface area contributed by atoms with Gasteiger partial charge >= 0.3 is 12.1 Å². The molecular weight excluding hydrogens is 1100 g/mol. The Hall–Kier alpha value is -7.92. The monoisotopic (exact) mass is 1160 g/mol. The predicted molar refractivity (Wildman–Crippen MR) is 290 cm³/mol. The van der Waals surface area contributed by atoms with Gasteiger partial charge < -0.3 is 50.4 Å². The van der Waals surface area contributed by atoms with Crippen LogP contribution in [0.15, 0.2) is 109 Å². The lowest BCUT2D eigenvalue weighted by atomic mass is 10.1. The molecule has 2 aromatic carbocycles. The average molecular weight is 1160 g/mol. The number of hydrogen-bond acceptors (Lipinski definition) is 20. The minimum absolute atomic E-state index is 0.0369. The standard InChI is InChI=1S/C26H32N8O7S.C23H28N8O7S/c1-6-12-33(5)42(37,38)16-10-8-15(9-11-16)31-25(36)32-21-17-22(29-13-28-21)34(14-30-17)24-20-18(40-26(3,4)41-20)19(39-24)23(35)27-7-2;1-4-10-30(3)39(36,37)14-8-6-13(7-9-14)28-23(35)29-19-15-20(26-11-25-19)31(12-27-15)22-17(33)16(32)18(38-22)21(34)24-5-2/h6,8-11,13-14,18-20,24H,1,7,12H2,2-5H3,(H,27,35)(H2,28,29,31,32,36);4,6-9,11-12,16-18,22,32-33H,1,5,10H2,2-3H3,(H,24,34)(H2,25,26,28,29,35)/t18-,19+,20-,24-;16-,17+,18-,22+/m10/s1. The number of urea groups is 2. The molecule has 81 heavy (non-hydrogen) atoms. The first kappa shape index (κ1) is 59.2. The zero-order chi connectivity index (χ0) is 58.6. The number of aliphatic hydroxyl groups excluding tert-OH is 2. The summed E-state index contributed by atoms with van der Waals surface area (Å²) in [5.41, 5.74) is 1.63. The van der Waals surface area contributed by atoms with Crippen LogP contribution < -0.4 is 31.9 Å². The van der Waals surface area contributed by atoms with Crippen molar-refractivity contribution in [3.63, 3.8) is 0 Å². The molecule has 4 aromatic heterocycles. The summed E-state index contributed by atoms with van der Waals surface area (Å²) < 4.78 is 79.3. The van der Waals surface area contributed by atoms with Crippen molar-refractivity contribution in [2.24, 2.45) is 0 Å². The highest BCUT2D eigenvalue weighted by molar-refractivity contribution is 7.89. The van der Waals surface area contributed by atoms with Gasteiger partial charge in [0.15, 0.2) is 64.4 Å². The van der Waals surface area contributed by atoms with Crippen LogP contribution in [-0.2, 0) is 48.6 Å².